The monoisotopic (exact) mass is 380 g/mol. The summed E-state index contributed by atoms with van der Waals surface area (Å²) in [7, 11) is 0. The van der Waals surface area contributed by atoms with E-state index in [4.69, 9.17) is 9.84 Å². The predicted molar refractivity (Wildman–Crippen MR) is 116 cm³/mol. The van der Waals surface area contributed by atoms with Gasteiger partial charge in [-0.15, -0.1) is 0 Å². The van der Waals surface area contributed by atoms with Crippen molar-refractivity contribution in [2.45, 2.75) is 104 Å². The van der Waals surface area contributed by atoms with Crippen LogP contribution >= 0.6 is 0 Å². The Kier molecular flexibility index (Phi) is 20.4. The molecule has 3 heteroatoms. The first kappa shape index (κ1) is 25.9. The molecule has 0 saturated heterocycles. The molecule has 0 heterocycles. The number of hydrogen-bond donors (Lipinski definition) is 1. The van der Waals surface area contributed by atoms with Crippen molar-refractivity contribution in [1.29, 1.82) is 0 Å². The summed E-state index contributed by atoms with van der Waals surface area (Å²) in [5.74, 6) is 0.343. The molecule has 0 saturated carbocycles. The minimum Gasteiger partial charge on any atom is -0.466 e. The third kappa shape index (κ3) is 21.1. The maximum atomic E-state index is 11.6. The van der Waals surface area contributed by atoms with Crippen LogP contribution in [0.5, 0.6) is 0 Å². The quantitative estimate of drug-likeness (QED) is 0.153. The number of carbonyl (C=O) groups excluding carboxylic acids is 1. The van der Waals surface area contributed by atoms with Crippen LogP contribution in [0.25, 0.3) is 0 Å². The summed E-state index contributed by atoms with van der Waals surface area (Å²) in [6, 6.07) is 0. The van der Waals surface area contributed by atoms with E-state index in [-0.39, 0.29) is 12.6 Å². The SMILES string of the molecule is CCCCC/C=C\C/C=C\CCCCCCCC(=O)OCCC(C)CCO. The van der Waals surface area contributed by atoms with Crippen LogP contribution in [-0.4, -0.2) is 24.3 Å². The van der Waals surface area contributed by atoms with E-state index in [9.17, 15) is 4.79 Å². The first-order chi connectivity index (χ1) is 13.2. The van der Waals surface area contributed by atoms with Crippen LogP contribution in [0.15, 0.2) is 24.3 Å². The third-order valence-electron chi connectivity index (χ3n) is 4.83. The van der Waals surface area contributed by atoms with E-state index in [1.54, 1.807) is 0 Å². The molecule has 0 aromatic carbocycles. The molecule has 0 bridgehead atoms. The van der Waals surface area contributed by atoms with Crippen molar-refractivity contribution in [3.8, 4) is 0 Å². The van der Waals surface area contributed by atoms with Crippen molar-refractivity contribution >= 4 is 5.97 Å². The first-order valence-corrected chi connectivity index (χ1v) is 11.3. The Bertz CT molecular complexity index is 374. The molecule has 0 fully saturated rings. The van der Waals surface area contributed by atoms with Crippen LogP contribution in [0.2, 0.25) is 0 Å². The van der Waals surface area contributed by atoms with Crippen LogP contribution in [0.4, 0.5) is 0 Å². The molecule has 1 atom stereocenters. The number of hydrogen-bond acceptors (Lipinski definition) is 3. The van der Waals surface area contributed by atoms with Crippen LogP contribution in [0.3, 0.4) is 0 Å². The molecule has 0 aromatic rings. The number of esters is 1. The lowest BCUT2D eigenvalue weighted by molar-refractivity contribution is -0.144. The Morgan fingerprint density at radius 1 is 0.889 bits per heavy atom. The molecule has 0 aromatic heterocycles. The molecule has 0 aliphatic carbocycles. The van der Waals surface area contributed by atoms with Crippen molar-refractivity contribution in [3.63, 3.8) is 0 Å². The number of rotatable bonds is 19. The van der Waals surface area contributed by atoms with Gasteiger partial charge in [-0.1, -0.05) is 70.3 Å². The summed E-state index contributed by atoms with van der Waals surface area (Å²) in [5.41, 5.74) is 0. The Morgan fingerprint density at radius 2 is 1.52 bits per heavy atom. The van der Waals surface area contributed by atoms with Gasteiger partial charge < -0.3 is 9.84 Å². The van der Waals surface area contributed by atoms with E-state index in [2.05, 4.69) is 38.2 Å². The average Bonchev–Trinajstić information content (AvgIpc) is 2.65. The van der Waals surface area contributed by atoms with Crippen molar-refractivity contribution < 1.29 is 14.6 Å². The highest BCUT2D eigenvalue weighted by molar-refractivity contribution is 5.69. The van der Waals surface area contributed by atoms with Crippen molar-refractivity contribution in [1.82, 2.24) is 0 Å². The standard InChI is InChI=1S/C24H44O3/c1-3-4-5-6-7-8-9-10-11-12-13-14-15-16-17-18-24(26)27-22-20-23(2)19-21-25/h7-8,10-11,23,25H,3-6,9,12-22H2,1-2H3/b8-7-,11-10-. The molecule has 3 nitrogen and oxygen atoms in total. The second-order valence-corrected chi connectivity index (χ2v) is 7.61. The fourth-order valence-corrected chi connectivity index (χ4v) is 2.89. The number of aliphatic hydroxyl groups excluding tert-OH is 1. The highest BCUT2D eigenvalue weighted by Gasteiger charge is 2.05. The van der Waals surface area contributed by atoms with Gasteiger partial charge in [-0.2, -0.15) is 0 Å². The van der Waals surface area contributed by atoms with Gasteiger partial charge in [0.1, 0.15) is 0 Å². The summed E-state index contributed by atoms with van der Waals surface area (Å²) in [5, 5.41) is 8.83. The Morgan fingerprint density at radius 3 is 2.19 bits per heavy atom. The van der Waals surface area contributed by atoms with Crippen LogP contribution in [0.1, 0.15) is 104 Å². The topological polar surface area (TPSA) is 46.5 Å². The number of carbonyl (C=O) groups is 1. The minimum atomic E-state index is -0.0723. The van der Waals surface area contributed by atoms with Crippen molar-refractivity contribution in [2.24, 2.45) is 5.92 Å². The van der Waals surface area contributed by atoms with Gasteiger partial charge in [0.25, 0.3) is 0 Å². The molecule has 0 amide bonds. The smallest absolute Gasteiger partial charge is 0.305 e. The van der Waals surface area contributed by atoms with Crippen LogP contribution in [-0.2, 0) is 9.53 Å². The Balaban J connectivity index is 3.32. The van der Waals surface area contributed by atoms with Crippen LogP contribution < -0.4 is 0 Å². The van der Waals surface area contributed by atoms with Gasteiger partial charge in [-0.05, 0) is 57.3 Å². The molecule has 1 N–H and O–H groups in total. The minimum absolute atomic E-state index is 0.0723. The van der Waals surface area contributed by atoms with E-state index in [0.717, 1.165) is 38.5 Å². The Hall–Kier alpha value is -1.09. The van der Waals surface area contributed by atoms with Crippen LogP contribution in [0, 0.1) is 5.92 Å². The fourth-order valence-electron chi connectivity index (χ4n) is 2.89. The number of allylic oxidation sites excluding steroid dienone is 4. The molecule has 0 aliphatic rings. The van der Waals surface area contributed by atoms with Crippen molar-refractivity contribution in [3.05, 3.63) is 24.3 Å². The normalized spacial score (nSPS) is 12.9. The largest absolute Gasteiger partial charge is 0.466 e. The van der Waals surface area contributed by atoms with Gasteiger partial charge in [0.15, 0.2) is 0 Å². The van der Waals surface area contributed by atoms with Gasteiger partial charge in [-0.25, -0.2) is 0 Å². The first-order valence-electron chi connectivity index (χ1n) is 11.3. The highest BCUT2D eigenvalue weighted by Crippen LogP contribution is 2.10. The Labute approximate surface area is 168 Å². The fraction of sp³-hybridized carbons (Fsp3) is 0.792. The lowest BCUT2D eigenvalue weighted by atomic mass is 10.1. The summed E-state index contributed by atoms with van der Waals surface area (Å²) in [6.07, 6.45) is 24.4. The van der Waals surface area contributed by atoms with E-state index in [1.807, 2.05) is 0 Å². The van der Waals surface area contributed by atoms with E-state index in [0.29, 0.717) is 18.9 Å². The molecular weight excluding hydrogens is 336 g/mol. The molecule has 0 aliphatic heterocycles. The lowest BCUT2D eigenvalue weighted by Crippen LogP contribution is -2.09. The summed E-state index contributed by atoms with van der Waals surface area (Å²) >= 11 is 0. The molecule has 27 heavy (non-hydrogen) atoms. The summed E-state index contributed by atoms with van der Waals surface area (Å²) in [4.78, 5) is 11.6. The van der Waals surface area contributed by atoms with Gasteiger partial charge >= 0.3 is 5.97 Å². The van der Waals surface area contributed by atoms with E-state index < -0.39 is 0 Å². The maximum absolute atomic E-state index is 11.6. The zero-order valence-electron chi connectivity index (χ0n) is 18.0. The zero-order chi connectivity index (χ0) is 20.0. The summed E-state index contributed by atoms with van der Waals surface area (Å²) in [6.45, 7) is 5.01. The van der Waals surface area contributed by atoms with Gasteiger partial charge in [0.05, 0.1) is 6.61 Å². The predicted octanol–water partition coefficient (Wildman–Crippen LogP) is 6.75. The number of aliphatic hydroxyl groups is 1. The van der Waals surface area contributed by atoms with Crippen molar-refractivity contribution in [2.75, 3.05) is 13.2 Å². The number of unbranched alkanes of at least 4 members (excludes halogenated alkanes) is 8. The summed E-state index contributed by atoms with van der Waals surface area (Å²) < 4.78 is 5.24. The lowest BCUT2D eigenvalue weighted by Gasteiger charge is -2.09. The highest BCUT2D eigenvalue weighted by atomic mass is 16.5. The van der Waals surface area contributed by atoms with Gasteiger partial charge in [-0.3, -0.25) is 4.79 Å². The van der Waals surface area contributed by atoms with E-state index >= 15 is 0 Å². The molecule has 0 radical (unpaired) electrons. The molecular formula is C24H44O3. The zero-order valence-corrected chi connectivity index (χ0v) is 18.0. The van der Waals surface area contributed by atoms with Gasteiger partial charge in [0.2, 0.25) is 0 Å². The molecule has 0 spiro atoms. The maximum Gasteiger partial charge on any atom is 0.305 e. The second-order valence-electron chi connectivity index (χ2n) is 7.61. The average molecular weight is 381 g/mol. The van der Waals surface area contributed by atoms with E-state index in [1.165, 1.54) is 44.9 Å². The second kappa shape index (κ2) is 21.2. The molecule has 1 unspecified atom stereocenters. The molecule has 0 rings (SSSR count). The molecule has 158 valence electrons. The van der Waals surface area contributed by atoms with Gasteiger partial charge in [0, 0.05) is 13.0 Å². The third-order valence-corrected chi connectivity index (χ3v) is 4.83. The number of ether oxygens (including phenoxy) is 1.